The zero-order valence-corrected chi connectivity index (χ0v) is 13.3. The highest BCUT2D eigenvalue weighted by atomic mass is 16.4. The van der Waals surface area contributed by atoms with E-state index in [1.807, 2.05) is 18.2 Å². The highest BCUT2D eigenvalue weighted by Gasteiger charge is 2.28. The highest BCUT2D eigenvalue weighted by Crippen LogP contribution is 2.34. The molecule has 0 radical (unpaired) electrons. The van der Waals surface area contributed by atoms with Gasteiger partial charge in [0.2, 0.25) is 0 Å². The average Bonchev–Trinajstić information content (AvgIpc) is 2.46. The molecule has 1 aliphatic heterocycles. The van der Waals surface area contributed by atoms with Crippen molar-refractivity contribution in [3.05, 3.63) is 35.4 Å². The van der Waals surface area contributed by atoms with Crippen molar-refractivity contribution in [3.8, 4) is 0 Å². The number of oxime groups is 1. The molecule has 1 fully saturated rings. The van der Waals surface area contributed by atoms with E-state index in [9.17, 15) is 0 Å². The predicted molar refractivity (Wildman–Crippen MR) is 86.4 cm³/mol. The first-order valence-electron chi connectivity index (χ1n) is 7.70. The first-order valence-corrected chi connectivity index (χ1v) is 7.70. The number of hydrogen-bond donors (Lipinski definition) is 2. The summed E-state index contributed by atoms with van der Waals surface area (Å²) < 4.78 is 0. The van der Waals surface area contributed by atoms with E-state index in [0.717, 1.165) is 36.7 Å². The van der Waals surface area contributed by atoms with Gasteiger partial charge in [-0.15, -0.1) is 0 Å². The lowest BCUT2D eigenvalue weighted by atomic mass is 9.75. The maximum Gasteiger partial charge on any atom is 0.170 e. The van der Waals surface area contributed by atoms with E-state index in [0.29, 0.717) is 5.41 Å². The van der Waals surface area contributed by atoms with E-state index in [2.05, 4.69) is 36.9 Å². The molecule has 1 aromatic rings. The fourth-order valence-electron chi connectivity index (χ4n) is 3.16. The Morgan fingerprint density at radius 2 is 1.90 bits per heavy atom. The summed E-state index contributed by atoms with van der Waals surface area (Å²) in [5.41, 5.74) is 8.12. The summed E-state index contributed by atoms with van der Waals surface area (Å²) in [4.78, 5) is 2.46. The number of benzene rings is 1. The van der Waals surface area contributed by atoms with Gasteiger partial charge in [-0.1, -0.05) is 50.2 Å². The quantitative estimate of drug-likeness (QED) is 0.389. The van der Waals surface area contributed by atoms with Crippen LogP contribution in [0.25, 0.3) is 0 Å². The number of piperidine rings is 1. The lowest BCUT2D eigenvalue weighted by molar-refractivity contribution is 0.108. The van der Waals surface area contributed by atoms with Crippen LogP contribution >= 0.6 is 0 Å². The molecule has 0 saturated carbocycles. The van der Waals surface area contributed by atoms with Crippen LogP contribution in [0.5, 0.6) is 0 Å². The Bertz CT molecular complexity index is 497. The molecule has 1 aliphatic rings. The Labute approximate surface area is 127 Å². The number of nitrogens with zero attached hydrogens (tertiary/aromatic N) is 2. The molecule has 0 spiro atoms. The molecule has 1 aromatic carbocycles. The molecule has 4 nitrogen and oxygen atoms in total. The number of hydrogen-bond acceptors (Lipinski definition) is 3. The van der Waals surface area contributed by atoms with Gasteiger partial charge in [0.05, 0.1) is 0 Å². The highest BCUT2D eigenvalue weighted by molar-refractivity contribution is 5.98. The SMILES string of the molecule is CC(C)(C)C1CCN(Cc2ccccc2C(N)=NO)CC1. The van der Waals surface area contributed by atoms with E-state index in [1.165, 1.54) is 12.8 Å². The summed E-state index contributed by atoms with van der Waals surface area (Å²) in [6.07, 6.45) is 2.49. The van der Waals surface area contributed by atoms with E-state index >= 15 is 0 Å². The van der Waals surface area contributed by atoms with Crippen LogP contribution in [-0.2, 0) is 6.54 Å². The monoisotopic (exact) mass is 289 g/mol. The largest absolute Gasteiger partial charge is 0.409 e. The second-order valence-electron chi connectivity index (χ2n) is 7.06. The summed E-state index contributed by atoms with van der Waals surface area (Å²) in [6, 6.07) is 7.89. The Balaban J connectivity index is 2.02. The van der Waals surface area contributed by atoms with Gasteiger partial charge in [-0.2, -0.15) is 0 Å². The van der Waals surface area contributed by atoms with Crippen molar-refractivity contribution >= 4 is 5.84 Å². The Kier molecular flexibility index (Phi) is 4.88. The molecule has 0 bridgehead atoms. The minimum atomic E-state index is 0.190. The van der Waals surface area contributed by atoms with Crippen LogP contribution in [0, 0.1) is 11.3 Å². The van der Waals surface area contributed by atoms with Crippen molar-refractivity contribution in [2.75, 3.05) is 13.1 Å². The fourth-order valence-corrected chi connectivity index (χ4v) is 3.16. The van der Waals surface area contributed by atoms with Gasteiger partial charge in [-0.05, 0) is 42.8 Å². The van der Waals surface area contributed by atoms with Crippen molar-refractivity contribution in [1.29, 1.82) is 0 Å². The molecule has 2 rings (SSSR count). The molecule has 0 aromatic heterocycles. The van der Waals surface area contributed by atoms with Gasteiger partial charge in [0.1, 0.15) is 0 Å². The van der Waals surface area contributed by atoms with Crippen molar-refractivity contribution in [2.24, 2.45) is 22.2 Å². The molecular weight excluding hydrogens is 262 g/mol. The number of amidine groups is 1. The van der Waals surface area contributed by atoms with Gasteiger partial charge < -0.3 is 10.9 Å². The smallest absolute Gasteiger partial charge is 0.170 e. The summed E-state index contributed by atoms with van der Waals surface area (Å²) in [7, 11) is 0. The molecule has 116 valence electrons. The number of rotatable bonds is 3. The van der Waals surface area contributed by atoms with Crippen LogP contribution in [0.4, 0.5) is 0 Å². The predicted octanol–water partition coefficient (Wildman–Crippen LogP) is 3.04. The topological polar surface area (TPSA) is 61.8 Å². The Morgan fingerprint density at radius 1 is 1.29 bits per heavy atom. The summed E-state index contributed by atoms with van der Waals surface area (Å²) in [5.74, 6) is 0.989. The standard InChI is InChI=1S/C17H27N3O/c1-17(2,3)14-8-10-20(11-9-14)12-13-6-4-5-7-15(13)16(18)19-21/h4-7,14,21H,8-12H2,1-3H3,(H2,18,19). The zero-order valence-electron chi connectivity index (χ0n) is 13.3. The lowest BCUT2D eigenvalue weighted by Gasteiger charge is -2.39. The third-order valence-electron chi connectivity index (χ3n) is 4.61. The van der Waals surface area contributed by atoms with Crippen molar-refractivity contribution < 1.29 is 5.21 Å². The molecule has 0 unspecified atom stereocenters. The first kappa shape index (κ1) is 15.8. The normalized spacial score (nSPS) is 18.9. The van der Waals surface area contributed by atoms with Crippen molar-refractivity contribution in [2.45, 2.75) is 40.2 Å². The van der Waals surface area contributed by atoms with Crippen LogP contribution in [0.3, 0.4) is 0 Å². The van der Waals surface area contributed by atoms with Gasteiger partial charge in [0.25, 0.3) is 0 Å². The summed E-state index contributed by atoms with van der Waals surface area (Å²) in [6.45, 7) is 10.1. The van der Waals surface area contributed by atoms with Crippen molar-refractivity contribution in [1.82, 2.24) is 4.90 Å². The van der Waals surface area contributed by atoms with Gasteiger partial charge in [-0.3, -0.25) is 4.90 Å². The summed E-state index contributed by atoms with van der Waals surface area (Å²) in [5, 5.41) is 12.0. The van der Waals surface area contributed by atoms with Gasteiger partial charge >= 0.3 is 0 Å². The minimum absolute atomic E-state index is 0.190. The average molecular weight is 289 g/mol. The van der Waals surface area contributed by atoms with Crippen LogP contribution in [0.1, 0.15) is 44.7 Å². The molecule has 0 aliphatic carbocycles. The fraction of sp³-hybridized carbons (Fsp3) is 0.588. The van der Waals surface area contributed by atoms with E-state index < -0.39 is 0 Å². The maximum atomic E-state index is 8.89. The molecule has 21 heavy (non-hydrogen) atoms. The van der Waals surface area contributed by atoms with Gasteiger partial charge in [0, 0.05) is 12.1 Å². The van der Waals surface area contributed by atoms with Crippen molar-refractivity contribution in [3.63, 3.8) is 0 Å². The zero-order chi connectivity index (χ0) is 15.5. The Hall–Kier alpha value is -1.55. The molecule has 3 N–H and O–H groups in total. The molecule has 1 heterocycles. The number of likely N-dealkylation sites (tertiary alicyclic amines) is 1. The molecule has 1 saturated heterocycles. The van der Waals surface area contributed by atoms with E-state index in [1.54, 1.807) is 0 Å². The van der Waals surface area contributed by atoms with Gasteiger partial charge in [-0.25, -0.2) is 0 Å². The second-order valence-corrected chi connectivity index (χ2v) is 7.06. The minimum Gasteiger partial charge on any atom is -0.409 e. The van der Waals surface area contributed by atoms with E-state index in [-0.39, 0.29) is 5.84 Å². The lowest BCUT2D eigenvalue weighted by Crippen LogP contribution is -2.37. The van der Waals surface area contributed by atoms with Crippen LogP contribution < -0.4 is 5.73 Å². The second kappa shape index (κ2) is 6.48. The third-order valence-corrected chi connectivity index (χ3v) is 4.61. The number of nitrogens with two attached hydrogens (primary N) is 1. The van der Waals surface area contributed by atoms with E-state index in [4.69, 9.17) is 10.9 Å². The summed E-state index contributed by atoms with van der Waals surface area (Å²) >= 11 is 0. The third kappa shape index (κ3) is 3.97. The maximum absolute atomic E-state index is 8.89. The molecular formula is C17H27N3O. The molecule has 0 amide bonds. The molecule has 0 atom stereocenters. The van der Waals surface area contributed by atoms with Crippen LogP contribution in [-0.4, -0.2) is 29.0 Å². The van der Waals surface area contributed by atoms with Gasteiger partial charge in [0.15, 0.2) is 5.84 Å². The van der Waals surface area contributed by atoms with Crippen LogP contribution in [0.15, 0.2) is 29.4 Å². The van der Waals surface area contributed by atoms with Crippen LogP contribution in [0.2, 0.25) is 0 Å². The first-order chi connectivity index (χ1) is 9.91. The molecule has 4 heteroatoms. The Morgan fingerprint density at radius 3 is 2.48 bits per heavy atom.